The molecular formula is C17H15NO2. The van der Waals surface area contributed by atoms with Gasteiger partial charge in [-0.3, -0.25) is 9.59 Å². The number of fused-ring (bicyclic) bond motifs is 3. The summed E-state index contributed by atoms with van der Waals surface area (Å²) in [4.78, 5) is 25.9. The van der Waals surface area contributed by atoms with E-state index in [2.05, 4.69) is 0 Å². The first-order valence-corrected chi connectivity index (χ1v) is 6.60. The number of carbonyl (C=O) groups excluding carboxylic acids is 2. The van der Waals surface area contributed by atoms with E-state index < -0.39 is 0 Å². The first kappa shape index (κ1) is 12.6. The number of ketones is 1. The number of hydrogen-bond donors (Lipinski definition) is 0. The zero-order valence-electron chi connectivity index (χ0n) is 11.5. The fourth-order valence-corrected chi connectivity index (χ4v) is 2.77. The molecule has 0 spiro atoms. The van der Waals surface area contributed by atoms with E-state index in [0.29, 0.717) is 5.56 Å². The molecule has 0 aliphatic carbocycles. The van der Waals surface area contributed by atoms with Crippen LogP contribution in [0.4, 0.5) is 5.69 Å². The quantitative estimate of drug-likeness (QED) is 0.733. The first-order chi connectivity index (χ1) is 9.59. The summed E-state index contributed by atoms with van der Waals surface area (Å²) < 4.78 is 0. The highest BCUT2D eigenvalue weighted by atomic mass is 16.2. The van der Waals surface area contributed by atoms with Gasteiger partial charge in [0.2, 0.25) is 5.91 Å². The van der Waals surface area contributed by atoms with Crippen molar-refractivity contribution < 1.29 is 9.59 Å². The van der Waals surface area contributed by atoms with Gasteiger partial charge in [-0.2, -0.15) is 0 Å². The maximum atomic E-state index is 12.4. The molecule has 1 amide bonds. The summed E-state index contributed by atoms with van der Waals surface area (Å²) >= 11 is 0. The van der Waals surface area contributed by atoms with E-state index in [-0.39, 0.29) is 18.2 Å². The van der Waals surface area contributed by atoms with Crippen LogP contribution in [0.2, 0.25) is 0 Å². The summed E-state index contributed by atoms with van der Waals surface area (Å²) in [7, 11) is 0. The van der Waals surface area contributed by atoms with E-state index in [1.165, 1.54) is 6.92 Å². The third-order valence-corrected chi connectivity index (χ3v) is 3.71. The average molecular weight is 265 g/mol. The molecule has 2 aromatic rings. The van der Waals surface area contributed by atoms with Crippen LogP contribution in [-0.2, 0) is 4.79 Å². The zero-order valence-corrected chi connectivity index (χ0v) is 11.5. The highest BCUT2D eigenvalue weighted by molar-refractivity contribution is 6.13. The number of aryl methyl sites for hydroxylation is 1. The van der Waals surface area contributed by atoms with Gasteiger partial charge in [0.15, 0.2) is 5.78 Å². The molecule has 0 unspecified atom stereocenters. The van der Waals surface area contributed by atoms with Crippen molar-refractivity contribution >= 4 is 17.4 Å². The van der Waals surface area contributed by atoms with Gasteiger partial charge in [0.1, 0.15) is 0 Å². The van der Waals surface area contributed by atoms with Gasteiger partial charge in [0.05, 0.1) is 12.2 Å². The lowest BCUT2D eigenvalue weighted by Crippen LogP contribution is -2.33. The second kappa shape index (κ2) is 4.60. The lowest BCUT2D eigenvalue weighted by atomic mass is 9.96. The van der Waals surface area contributed by atoms with Gasteiger partial charge in [-0.25, -0.2) is 0 Å². The molecule has 2 aromatic carbocycles. The molecule has 3 heteroatoms. The number of hydrogen-bond acceptors (Lipinski definition) is 2. The zero-order chi connectivity index (χ0) is 14.3. The van der Waals surface area contributed by atoms with Crippen molar-refractivity contribution in [3.05, 3.63) is 53.6 Å². The minimum absolute atomic E-state index is 0.0219. The van der Waals surface area contributed by atoms with Crippen molar-refractivity contribution in [1.82, 2.24) is 0 Å². The molecule has 100 valence electrons. The number of rotatable bonds is 0. The Morgan fingerprint density at radius 2 is 1.65 bits per heavy atom. The number of amides is 1. The van der Waals surface area contributed by atoms with Crippen molar-refractivity contribution in [3.63, 3.8) is 0 Å². The lowest BCUT2D eigenvalue weighted by molar-refractivity contribution is -0.116. The van der Waals surface area contributed by atoms with Gasteiger partial charge in [0.25, 0.3) is 0 Å². The Morgan fingerprint density at radius 1 is 1.00 bits per heavy atom. The molecule has 0 radical (unpaired) electrons. The molecule has 3 nitrogen and oxygen atoms in total. The van der Waals surface area contributed by atoms with Crippen molar-refractivity contribution in [2.24, 2.45) is 0 Å². The highest BCUT2D eigenvalue weighted by Crippen LogP contribution is 2.38. The van der Waals surface area contributed by atoms with E-state index in [4.69, 9.17) is 0 Å². The van der Waals surface area contributed by atoms with Crippen LogP contribution in [-0.4, -0.2) is 18.2 Å². The maximum absolute atomic E-state index is 12.4. The van der Waals surface area contributed by atoms with Gasteiger partial charge < -0.3 is 4.90 Å². The second-order valence-electron chi connectivity index (χ2n) is 5.05. The van der Waals surface area contributed by atoms with E-state index in [1.54, 1.807) is 4.90 Å². The van der Waals surface area contributed by atoms with Gasteiger partial charge in [-0.15, -0.1) is 0 Å². The number of carbonyl (C=O) groups is 2. The molecule has 0 saturated heterocycles. The second-order valence-corrected chi connectivity index (χ2v) is 5.05. The van der Waals surface area contributed by atoms with E-state index in [9.17, 15) is 9.59 Å². The Balaban J connectivity index is 2.37. The van der Waals surface area contributed by atoms with Crippen LogP contribution in [0.3, 0.4) is 0 Å². The summed E-state index contributed by atoms with van der Waals surface area (Å²) in [6.45, 7) is 3.57. The van der Waals surface area contributed by atoms with Crippen LogP contribution in [0.5, 0.6) is 0 Å². The average Bonchev–Trinajstić information content (AvgIpc) is 2.56. The molecule has 1 heterocycles. The number of nitrogens with zero attached hydrogens (tertiary/aromatic N) is 1. The van der Waals surface area contributed by atoms with Crippen LogP contribution in [0.15, 0.2) is 42.5 Å². The van der Waals surface area contributed by atoms with Crippen LogP contribution < -0.4 is 4.90 Å². The molecule has 0 aromatic heterocycles. The molecule has 0 atom stereocenters. The number of Topliss-reactive ketones (excluding diaryl/α,β-unsaturated/α-hetero) is 1. The van der Waals surface area contributed by atoms with Crippen LogP contribution in [0, 0.1) is 6.92 Å². The van der Waals surface area contributed by atoms with E-state index >= 15 is 0 Å². The van der Waals surface area contributed by atoms with Crippen molar-refractivity contribution in [2.45, 2.75) is 13.8 Å². The smallest absolute Gasteiger partial charge is 0.224 e. The molecule has 0 N–H and O–H groups in total. The molecule has 1 aliphatic heterocycles. The summed E-state index contributed by atoms with van der Waals surface area (Å²) in [6.07, 6.45) is 0. The Morgan fingerprint density at radius 3 is 2.35 bits per heavy atom. The van der Waals surface area contributed by atoms with Gasteiger partial charge in [-0.05, 0) is 18.1 Å². The normalized spacial score (nSPS) is 13.5. The Bertz CT molecular complexity index is 719. The predicted octanol–water partition coefficient (Wildman–Crippen LogP) is 3.21. The maximum Gasteiger partial charge on any atom is 0.224 e. The van der Waals surface area contributed by atoms with Crippen molar-refractivity contribution in [3.8, 4) is 11.1 Å². The molecule has 1 aliphatic rings. The van der Waals surface area contributed by atoms with Gasteiger partial charge in [0, 0.05) is 18.1 Å². The monoisotopic (exact) mass is 265 g/mol. The third kappa shape index (κ3) is 1.83. The van der Waals surface area contributed by atoms with Crippen LogP contribution in [0.1, 0.15) is 22.8 Å². The Kier molecular flexibility index (Phi) is 2.90. The molecule has 0 bridgehead atoms. The number of anilines is 1. The molecular weight excluding hydrogens is 250 g/mol. The van der Waals surface area contributed by atoms with Crippen molar-refractivity contribution in [2.75, 3.05) is 11.4 Å². The summed E-state index contributed by atoms with van der Waals surface area (Å²) in [5, 5.41) is 0. The standard InChI is InChI=1S/C17H15NO2/c1-11-6-5-9-15-13-7-3-4-8-14(13)16(20)10-18(12(2)19)17(11)15/h3-9H,10H2,1-2H3. The van der Waals surface area contributed by atoms with Gasteiger partial charge in [-0.1, -0.05) is 42.5 Å². The topological polar surface area (TPSA) is 37.4 Å². The fraction of sp³-hybridized carbons (Fsp3) is 0.176. The Labute approximate surface area is 117 Å². The minimum Gasteiger partial charge on any atom is -0.304 e. The molecule has 0 saturated carbocycles. The Hall–Kier alpha value is -2.42. The largest absolute Gasteiger partial charge is 0.304 e. The summed E-state index contributed by atoms with van der Waals surface area (Å²) in [6, 6.07) is 13.4. The molecule has 3 rings (SSSR count). The first-order valence-electron chi connectivity index (χ1n) is 6.60. The number of benzene rings is 2. The SMILES string of the molecule is CC(=O)N1CC(=O)c2ccccc2-c2cccc(C)c21. The van der Waals surface area contributed by atoms with E-state index in [0.717, 1.165) is 22.4 Å². The fourth-order valence-electron chi connectivity index (χ4n) is 2.77. The van der Waals surface area contributed by atoms with Crippen molar-refractivity contribution in [1.29, 1.82) is 0 Å². The summed E-state index contributed by atoms with van der Waals surface area (Å²) in [5.74, 6) is -0.131. The summed E-state index contributed by atoms with van der Waals surface area (Å²) in [5.41, 5.74) is 4.38. The predicted molar refractivity (Wildman–Crippen MR) is 79.0 cm³/mol. The van der Waals surface area contributed by atoms with E-state index in [1.807, 2.05) is 49.4 Å². The minimum atomic E-state index is -0.110. The highest BCUT2D eigenvalue weighted by Gasteiger charge is 2.27. The number of para-hydroxylation sites is 1. The third-order valence-electron chi connectivity index (χ3n) is 3.71. The van der Waals surface area contributed by atoms with Gasteiger partial charge >= 0.3 is 0 Å². The molecule has 20 heavy (non-hydrogen) atoms. The van der Waals surface area contributed by atoms with Crippen LogP contribution in [0.25, 0.3) is 11.1 Å². The van der Waals surface area contributed by atoms with Crippen LogP contribution >= 0.6 is 0 Å². The molecule has 0 fully saturated rings. The lowest BCUT2D eigenvalue weighted by Gasteiger charge is -2.22.